The van der Waals surface area contributed by atoms with E-state index in [1.165, 1.54) is 12.1 Å². The van der Waals surface area contributed by atoms with Crippen LogP contribution in [0.25, 0.3) is 0 Å². The van der Waals surface area contributed by atoms with E-state index >= 15 is 0 Å². The van der Waals surface area contributed by atoms with Crippen LogP contribution in [0.15, 0.2) is 18.2 Å². The Balaban J connectivity index is 1.99. The maximum atomic E-state index is 13.7. The van der Waals surface area contributed by atoms with Crippen molar-refractivity contribution in [3.8, 4) is 6.07 Å². The van der Waals surface area contributed by atoms with Crippen LogP contribution in [0.1, 0.15) is 12.0 Å². The highest BCUT2D eigenvalue weighted by molar-refractivity contribution is 5.89. The minimum atomic E-state index is -0.630. The molecule has 7 heteroatoms. The molecule has 1 unspecified atom stereocenters. The predicted octanol–water partition coefficient (Wildman–Crippen LogP) is 1.28. The van der Waals surface area contributed by atoms with Gasteiger partial charge >= 0.3 is 6.03 Å². The predicted molar refractivity (Wildman–Crippen MR) is 75.1 cm³/mol. The Morgan fingerprint density at radius 3 is 3.10 bits per heavy atom. The molecule has 1 aliphatic heterocycles. The summed E-state index contributed by atoms with van der Waals surface area (Å²) in [7, 11) is 0. The number of morpholine rings is 1. The van der Waals surface area contributed by atoms with Crippen LogP contribution in [0.5, 0.6) is 0 Å². The van der Waals surface area contributed by atoms with E-state index in [2.05, 4.69) is 5.32 Å². The van der Waals surface area contributed by atoms with E-state index in [0.29, 0.717) is 32.7 Å². The lowest BCUT2D eigenvalue weighted by Gasteiger charge is -2.32. The van der Waals surface area contributed by atoms with Crippen LogP contribution in [-0.2, 0) is 4.74 Å². The van der Waals surface area contributed by atoms with Crippen LogP contribution in [0.4, 0.5) is 14.9 Å². The van der Waals surface area contributed by atoms with Gasteiger partial charge in [0.15, 0.2) is 0 Å². The van der Waals surface area contributed by atoms with Crippen molar-refractivity contribution in [1.29, 1.82) is 5.26 Å². The summed E-state index contributed by atoms with van der Waals surface area (Å²) in [6.45, 7) is 1.81. The summed E-state index contributed by atoms with van der Waals surface area (Å²) in [6.07, 6.45) is 0.593. The Hall–Kier alpha value is -2.17. The minimum Gasteiger partial charge on any atom is -0.374 e. The molecule has 1 aliphatic rings. The standard InChI is InChI=1S/C14H17FN4O2/c15-12-7-10(8-17)1-2-13(12)18-14(20)19-5-6-21-11(9-19)3-4-16/h1-2,7,11H,3-6,9,16H2,(H,18,20). The number of nitrogens with one attached hydrogen (secondary N) is 1. The average Bonchev–Trinajstić information content (AvgIpc) is 2.50. The van der Waals surface area contributed by atoms with Gasteiger partial charge in [0.2, 0.25) is 0 Å². The highest BCUT2D eigenvalue weighted by Gasteiger charge is 2.24. The van der Waals surface area contributed by atoms with E-state index in [0.717, 1.165) is 6.07 Å². The fraction of sp³-hybridized carbons (Fsp3) is 0.429. The molecule has 1 fully saturated rings. The minimum absolute atomic E-state index is 0.0564. The summed E-state index contributed by atoms with van der Waals surface area (Å²) in [4.78, 5) is 13.7. The number of urea groups is 1. The quantitative estimate of drug-likeness (QED) is 0.878. The van der Waals surface area contributed by atoms with Crippen molar-refractivity contribution in [2.45, 2.75) is 12.5 Å². The molecule has 3 N–H and O–H groups in total. The zero-order valence-electron chi connectivity index (χ0n) is 11.5. The zero-order chi connectivity index (χ0) is 15.2. The van der Waals surface area contributed by atoms with Crippen LogP contribution in [0.2, 0.25) is 0 Å². The van der Waals surface area contributed by atoms with E-state index in [4.69, 9.17) is 15.7 Å². The Bertz CT molecular complexity index is 556. The van der Waals surface area contributed by atoms with Gasteiger partial charge in [-0.15, -0.1) is 0 Å². The number of nitriles is 1. The number of amides is 2. The Morgan fingerprint density at radius 1 is 1.62 bits per heavy atom. The number of ether oxygens (including phenoxy) is 1. The monoisotopic (exact) mass is 292 g/mol. The molecule has 6 nitrogen and oxygen atoms in total. The first-order valence-corrected chi connectivity index (χ1v) is 6.71. The van der Waals surface area contributed by atoms with Gasteiger partial charge in [-0.05, 0) is 31.2 Å². The number of benzene rings is 1. The molecule has 1 saturated heterocycles. The third kappa shape index (κ3) is 3.90. The number of anilines is 1. The second-order valence-electron chi connectivity index (χ2n) is 4.75. The van der Waals surface area contributed by atoms with Crippen molar-refractivity contribution in [3.63, 3.8) is 0 Å². The van der Waals surface area contributed by atoms with Crippen LogP contribution in [-0.4, -0.2) is 43.3 Å². The summed E-state index contributed by atoms with van der Waals surface area (Å²) in [5.74, 6) is -0.630. The lowest BCUT2D eigenvalue weighted by Crippen LogP contribution is -2.47. The zero-order valence-corrected chi connectivity index (χ0v) is 11.5. The van der Waals surface area contributed by atoms with Gasteiger partial charge in [-0.3, -0.25) is 0 Å². The number of carbonyl (C=O) groups excluding carboxylic acids is 1. The lowest BCUT2D eigenvalue weighted by atomic mass is 10.2. The van der Waals surface area contributed by atoms with Crippen molar-refractivity contribution in [2.24, 2.45) is 5.73 Å². The van der Waals surface area contributed by atoms with E-state index < -0.39 is 5.82 Å². The lowest BCUT2D eigenvalue weighted by molar-refractivity contribution is -0.0146. The van der Waals surface area contributed by atoms with Crippen LogP contribution in [0.3, 0.4) is 0 Å². The van der Waals surface area contributed by atoms with Crippen molar-refractivity contribution >= 4 is 11.7 Å². The number of rotatable bonds is 3. The van der Waals surface area contributed by atoms with Gasteiger partial charge in [0.1, 0.15) is 5.82 Å². The number of nitrogens with zero attached hydrogens (tertiary/aromatic N) is 2. The summed E-state index contributed by atoms with van der Waals surface area (Å²) >= 11 is 0. The average molecular weight is 292 g/mol. The van der Waals surface area contributed by atoms with Crippen LogP contribution >= 0.6 is 0 Å². The summed E-state index contributed by atoms with van der Waals surface area (Å²) in [6, 6.07) is 5.38. The first kappa shape index (κ1) is 15.2. The molecule has 2 rings (SSSR count). The van der Waals surface area contributed by atoms with Crippen LogP contribution < -0.4 is 11.1 Å². The molecule has 1 heterocycles. The molecule has 0 saturated carbocycles. The van der Waals surface area contributed by atoms with Crippen LogP contribution in [0, 0.1) is 17.1 Å². The number of hydrogen-bond donors (Lipinski definition) is 2. The van der Waals surface area contributed by atoms with Gasteiger partial charge in [-0.2, -0.15) is 5.26 Å². The molecule has 112 valence electrons. The molecule has 0 radical (unpaired) electrons. The molecule has 0 aromatic heterocycles. The smallest absolute Gasteiger partial charge is 0.322 e. The van der Waals surface area contributed by atoms with Crippen molar-refractivity contribution in [1.82, 2.24) is 4.90 Å². The Labute approximate surface area is 122 Å². The number of halogens is 1. The fourth-order valence-electron chi connectivity index (χ4n) is 2.14. The molecule has 1 aromatic carbocycles. The van der Waals surface area contributed by atoms with Gasteiger partial charge in [-0.25, -0.2) is 9.18 Å². The second-order valence-corrected chi connectivity index (χ2v) is 4.75. The summed E-state index contributed by atoms with van der Waals surface area (Å²) in [5, 5.41) is 11.2. The molecular formula is C14H17FN4O2. The number of hydrogen-bond acceptors (Lipinski definition) is 4. The first-order valence-electron chi connectivity index (χ1n) is 6.71. The molecule has 1 atom stereocenters. The SMILES string of the molecule is N#Cc1ccc(NC(=O)N2CCOC(CCN)C2)c(F)c1. The van der Waals surface area contributed by atoms with Gasteiger partial charge in [0.05, 0.1) is 30.0 Å². The normalized spacial score (nSPS) is 18.1. The van der Waals surface area contributed by atoms with E-state index in [1.54, 1.807) is 4.90 Å². The van der Waals surface area contributed by atoms with Crippen molar-refractivity contribution in [2.75, 3.05) is 31.6 Å². The van der Waals surface area contributed by atoms with E-state index in [-0.39, 0.29) is 23.4 Å². The molecule has 0 bridgehead atoms. The van der Waals surface area contributed by atoms with E-state index in [9.17, 15) is 9.18 Å². The second kappa shape index (κ2) is 7.02. The highest BCUT2D eigenvalue weighted by Crippen LogP contribution is 2.17. The van der Waals surface area contributed by atoms with Gasteiger partial charge < -0.3 is 20.7 Å². The third-order valence-corrected chi connectivity index (χ3v) is 3.25. The Kier molecular flexibility index (Phi) is 5.09. The summed E-state index contributed by atoms with van der Waals surface area (Å²) < 4.78 is 19.2. The maximum absolute atomic E-state index is 13.7. The highest BCUT2D eigenvalue weighted by atomic mass is 19.1. The largest absolute Gasteiger partial charge is 0.374 e. The molecule has 2 amide bonds. The maximum Gasteiger partial charge on any atom is 0.322 e. The number of carbonyl (C=O) groups is 1. The summed E-state index contributed by atoms with van der Waals surface area (Å²) in [5.41, 5.74) is 5.74. The topological polar surface area (TPSA) is 91.4 Å². The van der Waals surface area contributed by atoms with Gasteiger partial charge in [0.25, 0.3) is 0 Å². The van der Waals surface area contributed by atoms with Crippen molar-refractivity contribution < 1.29 is 13.9 Å². The molecule has 1 aromatic rings. The molecule has 0 aliphatic carbocycles. The van der Waals surface area contributed by atoms with E-state index in [1.807, 2.05) is 6.07 Å². The third-order valence-electron chi connectivity index (χ3n) is 3.25. The molecular weight excluding hydrogens is 275 g/mol. The Morgan fingerprint density at radius 2 is 2.43 bits per heavy atom. The van der Waals surface area contributed by atoms with Gasteiger partial charge in [0, 0.05) is 13.1 Å². The number of nitrogens with two attached hydrogens (primary N) is 1. The van der Waals surface area contributed by atoms with Crippen molar-refractivity contribution in [3.05, 3.63) is 29.6 Å². The first-order chi connectivity index (χ1) is 10.1. The fourth-order valence-corrected chi connectivity index (χ4v) is 2.14. The molecule has 0 spiro atoms. The van der Waals surface area contributed by atoms with Gasteiger partial charge in [-0.1, -0.05) is 0 Å². The molecule has 21 heavy (non-hydrogen) atoms.